The smallest absolute Gasteiger partial charge is 0.247 e. The highest BCUT2D eigenvalue weighted by Crippen LogP contribution is 2.13. The van der Waals surface area contributed by atoms with Crippen molar-refractivity contribution in [1.82, 2.24) is 5.32 Å². The van der Waals surface area contributed by atoms with E-state index >= 15 is 0 Å². The van der Waals surface area contributed by atoms with Crippen LogP contribution in [-0.2, 0) is 4.79 Å². The molecule has 0 spiro atoms. The Hall–Kier alpha value is -1.77. The fourth-order valence-corrected chi connectivity index (χ4v) is 1.13. The van der Waals surface area contributed by atoms with E-state index in [4.69, 9.17) is 4.74 Å². The summed E-state index contributed by atoms with van der Waals surface area (Å²) in [6, 6.07) is 9.40. The fraction of sp³-hybridized carbons (Fsp3) is 0.100. The molecule has 2 rings (SSSR count). The second-order valence-electron chi connectivity index (χ2n) is 2.74. The number of rotatable bonds is 2. The molecule has 0 saturated heterocycles. The second kappa shape index (κ2) is 3.31. The molecule has 1 aromatic carbocycles. The second-order valence-corrected chi connectivity index (χ2v) is 2.74. The number of nitrogens with one attached hydrogen (secondary N) is 1. The minimum Gasteiger partial charge on any atom is -0.460 e. The molecular weight excluding hydrogens is 166 g/mol. The zero-order valence-corrected chi connectivity index (χ0v) is 6.99. The fourth-order valence-electron chi connectivity index (χ4n) is 1.13. The molecule has 0 bridgehead atoms. The van der Waals surface area contributed by atoms with Gasteiger partial charge in [0, 0.05) is 6.08 Å². The SMILES string of the molecule is O=C1C=C(Oc2ccccc2)CN1. The lowest BCUT2D eigenvalue weighted by Crippen LogP contribution is -2.15. The van der Waals surface area contributed by atoms with Crippen LogP contribution in [0.25, 0.3) is 0 Å². The Kier molecular flexibility index (Phi) is 2.00. The Bertz CT molecular complexity index is 343. The maximum absolute atomic E-state index is 10.8. The Morgan fingerprint density at radius 1 is 1.23 bits per heavy atom. The van der Waals surface area contributed by atoms with Crippen molar-refractivity contribution in [2.45, 2.75) is 0 Å². The van der Waals surface area contributed by atoms with E-state index in [0.29, 0.717) is 12.3 Å². The lowest BCUT2D eigenvalue weighted by atomic mass is 10.3. The third kappa shape index (κ3) is 1.87. The van der Waals surface area contributed by atoms with Crippen molar-refractivity contribution >= 4 is 5.91 Å². The summed E-state index contributed by atoms with van der Waals surface area (Å²) in [6.45, 7) is 0.480. The molecule has 0 unspecified atom stereocenters. The molecule has 1 heterocycles. The maximum atomic E-state index is 10.8. The highest BCUT2D eigenvalue weighted by Gasteiger charge is 2.11. The summed E-state index contributed by atoms with van der Waals surface area (Å²) in [6.07, 6.45) is 1.47. The van der Waals surface area contributed by atoms with Crippen LogP contribution >= 0.6 is 0 Å². The van der Waals surface area contributed by atoms with E-state index in [1.54, 1.807) is 0 Å². The van der Waals surface area contributed by atoms with Gasteiger partial charge in [0.25, 0.3) is 0 Å². The molecule has 0 saturated carbocycles. The zero-order valence-electron chi connectivity index (χ0n) is 6.99. The molecule has 3 nitrogen and oxygen atoms in total. The monoisotopic (exact) mass is 175 g/mol. The molecule has 0 fully saturated rings. The number of ether oxygens (including phenoxy) is 1. The van der Waals surface area contributed by atoms with Crippen LogP contribution in [0.3, 0.4) is 0 Å². The van der Waals surface area contributed by atoms with Crippen LogP contribution in [0.15, 0.2) is 42.2 Å². The number of para-hydroxylation sites is 1. The Balaban J connectivity index is 2.07. The Morgan fingerprint density at radius 3 is 2.62 bits per heavy atom. The average Bonchev–Trinajstić information content (AvgIpc) is 2.53. The van der Waals surface area contributed by atoms with Gasteiger partial charge in [0.2, 0.25) is 5.91 Å². The van der Waals surface area contributed by atoms with Gasteiger partial charge in [-0.05, 0) is 12.1 Å². The van der Waals surface area contributed by atoms with Crippen LogP contribution in [0, 0.1) is 0 Å². The molecule has 1 amide bonds. The number of hydrogen-bond acceptors (Lipinski definition) is 2. The molecule has 13 heavy (non-hydrogen) atoms. The van der Waals surface area contributed by atoms with Crippen molar-refractivity contribution in [2.75, 3.05) is 6.54 Å². The number of hydrogen-bond donors (Lipinski definition) is 1. The van der Waals surface area contributed by atoms with Gasteiger partial charge in [-0.3, -0.25) is 4.79 Å². The van der Waals surface area contributed by atoms with Gasteiger partial charge in [0.15, 0.2) is 0 Å². The van der Waals surface area contributed by atoms with Crippen molar-refractivity contribution in [3.63, 3.8) is 0 Å². The highest BCUT2D eigenvalue weighted by molar-refractivity contribution is 5.90. The van der Waals surface area contributed by atoms with Gasteiger partial charge in [0.1, 0.15) is 11.5 Å². The molecule has 1 aliphatic heterocycles. The third-order valence-electron chi connectivity index (χ3n) is 1.72. The summed E-state index contributed by atoms with van der Waals surface area (Å²) in [5.74, 6) is 1.33. The van der Waals surface area contributed by atoms with E-state index in [9.17, 15) is 4.79 Å². The molecule has 3 heteroatoms. The lowest BCUT2D eigenvalue weighted by molar-refractivity contribution is -0.115. The first-order valence-electron chi connectivity index (χ1n) is 4.06. The molecule has 0 radical (unpaired) electrons. The Labute approximate surface area is 76.0 Å². The standard InChI is InChI=1S/C10H9NO2/c12-10-6-9(7-11-10)13-8-4-2-1-3-5-8/h1-6H,7H2,(H,11,12). The first-order chi connectivity index (χ1) is 6.34. The van der Waals surface area contributed by atoms with Crippen LogP contribution in [0.5, 0.6) is 5.75 Å². The predicted molar refractivity (Wildman–Crippen MR) is 48.2 cm³/mol. The minimum atomic E-state index is -0.0917. The number of carbonyl (C=O) groups excluding carboxylic acids is 1. The van der Waals surface area contributed by atoms with Gasteiger partial charge in [-0.25, -0.2) is 0 Å². The minimum absolute atomic E-state index is 0.0917. The zero-order chi connectivity index (χ0) is 9.10. The van der Waals surface area contributed by atoms with E-state index in [2.05, 4.69) is 5.32 Å². The lowest BCUT2D eigenvalue weighted by Gasteiger charge is -2.03. The van der Waals surface area contributed by atoms with Crippen LogP contribution in [0.4, 0.5) is 0 Å². The molecule has 0 atom stereocenters. The summed E-state index contributed by atoms with van der Waals surface area (Å²) >= 11 is 0. The summed E-state index contributed by atoms with van der Waals surface area (Å²) in [7, 11) is 0. The molecule has 1 aromatic rings. The number of benzene rings is 1. The van der Waals surface area contributed by atoms with Crippen LogP contribution < -0.4 is 10.1 Å². The molecule has 1 aliphatic rings. The van der Waals surface area contributed by atoms with Gasteiger partial charge in [0.05, 0.1) is 6.54 Å². The number of amides is 1. The van der Waals surface area contributed by atoms with Gasteiger partial charge in [-0.15, -0.1) is 0 Å². The highest BCUT2D eigenvalue weighted by atomic mass is 16.5. The average molecular weight is 175 g/mol. The van der Waals surface area contributed by atoms with E-state index < -0.39 is 0 Å². The normalized spacial score (nSPS) is 15.1. The van der Waals surface area contributed by atoms with Crippen molar-refractivity contribution in [3.8, 4) is 5.75 Å². The molecular formula is C10H9NO2. The van der Waals surface area contributed by atoms with E-state index in [0.717, 1.165) is 5.75 Å². The summed E-state index contributed by atoms with van der Waals surface area (Å²) in [4.78, 5) is 10.8. The topological polar surface area (TPSA) is 38.3 Å². The van der Waals surface area contributed by atoms with E-state index in [-0.39, 0.29) is 5.91 Å². The van der Waals surface area contributed by atoms with Crippen molar-refractivity contribution in [1.29, 1.82) is 0 Å². The van der Waals surface area contributed by atoms with E-state index in [1.165, 1.54) is 6.08 Å². The van der Waals surface area contributed by atoms with Crippen molar-refractivity contribution < 1.29 is 9.53 Å². The third-order valence-corrected chi connectivity index (χ3v) is 1.72. The molecule has 1 N–H and O–H groups in total. The van der Waals surface area contributed by atoms with Crippen LogP contribution in [-0.4, -0.2) is 12.5 Å². The summed E-state index contributed by atoms with van der Waals surface area (Å²) in [5.41, 5.74) is 0. The van der Waals surface area contributed by atoms with Crippen LogP contribution in [0.2, 0.25) is 0 Å². The van der Waals surface area contributed by atoms with Gasteiger partial charge in [-0.1, -0.05) is 18.2 Å². The van der Waals surface area contributed by atoms with Gasteiger partial charge < -0.3 is 10.1 Å². The van der Waals surface area contributed by atoms with Crippen molar-refractivity contribution in [3.05, 3.63) is 42.2 Å². The van der Waals surface area contributed by atoms with Crippen LogP contribution in [0.1, 0.15) is 0 Å². The number of carbonyl (C=O) groups is 1. The quantitative estimate of drug-likeness (QED) is 0.730. The largest absolute Gasteiger partial charge is 0.460 e. The van der Waals surface area contributed by atoms with Gasteiger partial charge in [-0.2, -0.15) is 0 Å². The first-order valence-corrected chi connectivity index (χ1v) is 4.06. The first kappa shape index (κ1) is 7.86. The summed E-state index contributed by atoms with van der Waals surface area (Å²) < 4.78 is 5.42. The van der Waals surface area contributed by atoms with Gasteiger partial charge >= 0.3 is 0 Å². The Morgan fingerprint density at radius 2 is 2.00 bits per heavy atom. The summed E-state index contributed by atoms with van der Waals surface area (Å²) in [5, 5.41) is 2.63. The van der Waals surface area contributed by atoms with E-state index in [1.807, 2.05) is 30.3 Å². The molecule has 66 valence electrons. The molecule has 0 aromatic heterocycles. The maximum Gasteiger partial charge on any atom is 0.247 e. The predicted octanol–water partition coefficient (Wildman–Crippen LogP) is 1.08. The molecule has 0 aliphatic carbocycles. The van der Waals surface area contributed by atoms with Crippen molar-refractivity contribution in [2.24, 2.45) is 0 Å².